The number of nitrogens with one attached hydrogen (secondary N) is 1. The molecule has 0 fully saturated rings. The molecule has 0 atom stereocenters. The summed E-state index contributed by atoms with van der Waals surface area (Å²) in [6.07, 6.45) is 0. The van der Waals surface area contributed by atoms with Gasteiger partial charge in [-0.2, -0.15) is 0 Å². The summed E-state index contributed by atoms with van der Waals surface area (Å²) in [6.45, 7) is 4.00. The van der Waals surface area contributed by atoms with Crippen LogP contribution in [-0.2, 0) is 9.53 Å². The summed E-state index contributed by atoms with van der Waals surface area (Å²) in [5.41, 5.74) is 1.06. The van der Waals surface area contributed by atoms with Crippen LogP contribution in [0.4, 0.5) is 5.69 Å². The fourth-order valence-corrected chi connectivity index (χ4v) is 2.78. The third kappa shape index (κ3) is 3.93. The Bertz CT molecular complexity index is 916. The standard InChI is InChI=1S/C21H20N2O5/c1-13(2)11-22-18(24)12-28-21(27)14-6-5-7-15(10-14)23-19(25)16-8-3-4-9-17(16)20(23)26/h3-10,13H,11-12H2,1-2H3,(H,22,24). The predicted octanol–water partition coefficient (Wildman–Crippen LogP) is 2.42. The van der Waals surface area contributed by atoms with Gasteiger partial charge in [0, 0.05) is 6.54 Å². The molecule has 0 bridgehead atoms. The number of esters is 1. The highest BCUT2D eigenvalue weighted by Gasteiger charge is 2.36. The highest BCUT2D eigenvalue weighted by Crippen LogP contribution is 2.28. The van der Waals surface area contributed by atoms with Gasteiger partial charge in [0.1, 0.15) is 0 Å². The zero-order valence-electron chi connectivity index (χ0n) is 15.6. The molecule has 0 radical (unpaired) electrons. The zero-order chi connectivity index (χ0) is 20.3. The Hall–Kier alpha value is -3.48. The Morgan fingerprint density at radius 1 is 1.00 bits per heavy atom. The van der Waals surface area contributed by atoms with Crippen LogP contribution in [0.5, 0.6) is 0 Å². The molecule has 0 aromatic heterocycles. The number of ether oxygens (including phenoxy) is 1. The van der Waals surface area contributed by atoms with E-state index in [-0.39, 0.29) is 17.2 Å². The van der Waals surface area contributed by atoms with Crippen molar-refractivity contribution in [1.82, 2.24) is 5.32 Å². The Morgan fingerprint density at radius 3 is 2.25 bits per heavy atom. The number of hydrogen-bond acceptors (Lipinski definition) is 5. The Labute approximate surface area is 162 Å². The molecule has 0 aliphatic carbocycles. The lowest BCUT2D eigenvalue weighted by Crippen LogP contribution is -2.31. The van der Waals surface area contributed by atoms with Crippen LogP contribution in [0, 0.1) is 5.92 Å². The molecule has 3 amide bonds. The Kier molecular flexibility index (Phi) is 5.54. The summed E-state index contributed by atoms with van der Waals surface area (Å²) < 4.78 is 5.02. The van der Waals surface area contributed by atoms with E-state index in [4.69, 9.17) is 4.74 Å². The van der Waals surface area contributed by atoms with E-state index in [9.17, 15) is 19.2 Å². The second-order valence-corrected chi connectivity index (χ2v) is 6.82. The van der Waals surface area contributed by atoms with Gasteiger partial charge in [-0.1, -0.05) is 32.0 Å². The number of fused-ring (bicyclic) bond motifs is 1. The van der Waals surface area contributed by atoms with Crippen LogP contribution in [0.25, 0.3) is 0 Å². The van der Waals surface area contributed by atoms with E-state index in [1.54, 1.807) is 36.4 Å². The van der Waals surface area contributed by atoms with Crippen molar-refractivity contribution in [2.75, 3.05) is 18.1 Å². The molecule has 0 spiro atoms. The maximum atomic E-state index is 12.6. The van der Waals surface area contributed by atoms with Crippen molar-refractivity contribution in [3.8, 4) is 0 Å². The summed E-state index contributed by atoms with van der Waals surface area (Å²) in [5, 5.41) is 2.65. The number of carbonyl (C=O) groups is 4. The van der Waals surface area contributed by atoms with Crippen LogP contribution in [-0.4, -0.2) is 36.8 Å². The third-order valence-corrected chi connectivity index (χ3v) is 4.18. The molecule has 0 unspecified atom stereocenters. The van der Waals surface area contributed by atoms with Gasteiger partial charge in [0.15, 0.2) is 6.61 Å². The molecule has 144 valence electrons. The highest BCUT2D eigenvalue weighted by atomic mass is 16.5. The quantitative estimate of drug-likeness (QED) is 0.614. The van der Waals surface area contributed by atoms with Gasteiger partial charge in [-0.15, -0.1) is 0 Å². The molecule has 1 aliphatic rings. The fourth-order valence-electron chi connectivity index (χ4n) is 2.78. The first-order valence-electron chi connectivity index (χ1n) is 8.90. The Balaban J connectivity index is 1.71. The molecule has 3 rings (SSSR count). The lowest BCUT2D eigenvalue weighted by molar-refractivity contribution is -0.124. The minimum Gasteiger partial charge on any atom is -0.452 e. The molecule has 1 heterocycles. The van der Waals surface area contributed by atoms with Gasteiger partial charge in [-0.25, -0.2) is 9.69 Å². The number of nitrogens with zero attached hydrogens (tertiary/aromatic N) is 1. The highest BCUT2D eigenvalue weighted by molar-refractivity contribution is 6.34. The molecule has 7 nitrogen and oxygen atoms in total. The van der Waals surface area contributed by atoms with Crippen LogP contribution < -0.4 is 10.2 Å². The van der Waals surface area contributed by atoms with Crippen molar-refractivity contribution in [1.29, 1.82) is 0 Å². The van der Waals surface area contributed by atoms with E-state index in [1.807, 2.05) is 13.8 Å². The monoisotopic (exact) mass is 380 g/mol. The molecule has 2 aromatic rings. The average molecular weight is 380 g/mol. The minimum atomic E-state index is -0.710. The van der Waals surface area contributed by atoms with Gasteiger partial charge in [-0.05, 0) is 36.2 Å². The maximum absolute atomic E-state index is 12.6. The number of anilines is 1. The number of amides is 3. The van der Waals surface area contributed by atoms with Crippen LogP contribution >= 0.6 is 0 Å². The van der Waals surface area contributed by atoms with Gasteiger partial charge >= 0.3 is 5.97 Å². The number of imide groups is 1. The van der Waals surface area contributed by atoms with Crippen LogP contribution in [0.15, 0.2) is 48.5 Å². The van der Waals surface area contributed by atoms with Gasteiger partial charge in [0.05, 0.1) is 22.4 Å². The van der Waals surface area contributed by atoms with Crippen molar-refractivity contribution in [2.45, 2.75) is 13.8 Å². The van der Waals surface area contributed by atoms with Gasteiger partial charge < -0.3 is 10.1 Å². The second kappa shape index (κ2) is 8.04. The molecular formula is C21H20N2O5. The minimum absolute atomic E-state index is 0.144. The summed E-state index contributed by atoms with van der Waals surface area (Å²) in [6, 6.07) is 12.6. The first kappa shape index (κ1) is 19.3. The first-order valence-corrected chi connectivity index (χ1v) is 8.90. The number of rotatable bonds is 6. The SMILES string of the molecule is CC(C)CNC(=O)COC(=O)c1cccc(N2C(=O)c3ccccc3C2=O)c1. The number of hydrogen-bond donors (Lipinski definition) is 1. The Morgan fingerprint density at radius 2 is 1.64 bits per heavy atom. The van der Waals surface area contributed by atoms with Crippen molar-refractivity contribution >= 4 is 29.4 Å². The zero-order valence-corrected chi connectivity index (χ0v) is 15.6. The summed E-state index contributed by atoms with van der Waals surface area (Å²) in [7, 11) is 0. The van der Waals surface area contributed by atoms with Crippen molar-refractivity contribution in [3.63, 3.8) is 0 Å². The van der Waals surface area contributed by atoms with Crippen LogP contribution in [0.1, 0.15) is 44.9 Å². The summed E-state index contributed by atoms with van der Waals surface area (Å²) in [4.78, 5) is 50.1. The van der Waals surface area contributed by atoms with Gasteiger partial charge in [0.25, 0.3) is 17.7 Å². The van der Waals surface area contributed by atoms with E-state index in [2.05, 4.69) is 5.32 Å². The first-order chi connectivity index (χ1) is 13.4. The van der Waals surface area contributed by atoms with E-state index < -0.39 is 30.3 Å². The summed E-state index contributed by atoms with van der Waals surface area (Å²) >= 11 is 0. The maximum Gasteiger partial charge on any atom is 0.338 e. The smallest absolute Gasteiger partial charge is 0.338 e. The van der Waals surface area contributed by atoms with E-state index in [0.717, 1.165) is 4.90 Å². The van der Waals surface area contributed by atoms with Crippen molar-refractivity contribution in [2.24, 2.45) is 5.92 Å². The fraction of sp³-hybridized carbons (Fsp3) is 0.238. The molecule has 7 heteroatoms. The van der Waals surface area contributed by atoms with E-state index >= 15 is 0 Å². The summed E-state index contributed by atoms with van der Waals surface area (Å²) in [5.74, 6) is -1.70. The third-order valence-electron chi connectivity index (χ3n) is 4.18. The molecule has 28 heavy (non-hydrogen) atoms. The van der Waals surface area contributed by atoms with Crippen molar-refractivity contribution < 1.29 is 23.9 Å². The second-order valence-electron chi connectivity index (χ2n) is 6.82. The topological polar surface area (TPSA) is 92.8 Å². The molecule has 0 saturated heterocycles. The lowest BCUT2D eigenvalue weighted by atomic mass is 10.1. The largest absolute Gasteiger partial charge is 0.452 e. The predicted molar refractivity (Wildman–Crippen MR) is 102 cm³/mol. The lowest BCUT2D eigenvalue weighted by Gasteiger charge is -2.15. The van der Waals surface area contributed by atoms with E-state index in [0.29, 0.717) is 17.7 Å². The van der Waals surface area contributed by atoms with Gasteiger partial charge in [-0.3, -0.25) is 14.4 Å². The molecule has 1 N–H and O–H groups in total. The molecule has 1 aliphatic heterocycles. The molecule has 0 saturated carbocycles. The van der Waals surface area contributed by atoms with E-state index in [1.165, 1.54) is 12.1 Å². The molecular weight excluding hydrogens is 360 g/mol. The van der Waals surface area contributed by atoms with Crippen molar-refractivity contribution in [3.05, 3.63) is 65.2 Å². The molecule has 2 aromatic carbocycles. The number of carbonyl (C=O) groups excluding carboxylic acids is 4. The van der Waals surface area contributed by atoms with Crippen LogP contribution in [0.3, 0.4) is 0 Å². The normalized spacial score (nSPS) is 12.9. The van der Waals surface area contributed by atoms with Gasteiger partial charge in [0.2, 0.25) is 0 Å². The number of benzene rings is 2. The average Bonchev–Trinajstić information content (AvgIpc) is 2.95. The van der Waals surface area contributed by atoms with Crippen LogP contribution in [0.2, 0.25) is 0 Å².